The summed E-state index contributed by atoms with van der Waals surface area (Å²) in [5, 5.41) is 12.8. The Morgan fingerprint density at radius 1 is 1.12 bits per heavy atom. The number of aromatic nitrogens is 3. The maximum Gasteiger partial charge on any atom is 0.247 e. The molecule has 2 aromatic rings. The van der Waals surface area contributed by atoms with Gasteiger partial charge in [0.15, 0.2) is 11.4 Å². The highest BCUT2D eigenvalue weighted by atomic mass is 32.2. The van der Waals surface area contributed by atoms with Crippen LogP contribution in [0.5, 0.6) is 5.88 Å². The van der Waals surface area contributed by atoms with Crippen LogP contribution in [-0.4, -0.2) is 26.7 Å². The van der Waals surface area contributed by atoms with Crippen LogP contribution in [0.15, 0.2) is 29.4 Å². The molecular weight excluding hydrogens is 320 g/mol. The van der Waals surface area contributed by atoms with E-state index in [-0.39, 0.29) is 0 Å². The number of para-hydroxylation sites is 1. The molecule has 0 spiro atoms. The van der Waals surface area contributed by atoms with Crippen molar-refractivity contribution in [3.05, 3.63) is 24.3 Å². The Kier molecular flexibility index (Phi) is 5.23. The molecule has 0 radical (unpaired) electrons. The lowest BCUT2D eigenvalue weighted by Crippen LogP contribution is -2.37. The predicted molar refractivity (Wildman–Crippen MR) is 98.5 cm³/mol. The molecule has 128 valence electrons. The van der Waals surface area contributed by atoms with Gasteiger partial charge in [0.05, 0.1) is 0 Å². The van der Waals surface area contributed by atoms with Crippen molar-refractivity contribution in [3.63, 3.8) is 0 Å². The molecule has 0 atom stereocenters. The zero-order valence-corrected chi connectivity index (χ0v) is 15.3. The molecule has 1 aromatic carbocycles. The molecule has 0 saturated carbocycles. The van der Waals surface area contributed by atoms with Crippen molar-refractivity contribution in [1.82, 2.24) is 15.2 Å². The molecule has 0 amide bonds. The number of nitrogens with one attached hydrogen (secondary N) is 1. The summed E-state index contributed by atoms with van der Waals surface area (Å²) in [7, 11) is 0. The van der Waals surface area contributed by atoms with Gasteiger partial charge in [0.2, 0.25) is 11.0 Å². The molecule has 0 aliphatic carbocycles. The predicted octanol–water partition coefficient (Wildman–Crippen LogP) is 4.75. The third-order valence-electron chi connectivity index (χ3n) is 3.83. The fourth-order valence-electron chi connectivity index (χ4n) is 2.68. The number of hydrogen-bond acceptors (Lipinski definition) is 6. The number of hydrogen-bond donors (Lipinski definition) is 1. The van der Waals surface area contributed by atoms with Crippen LogP contribution in [0.4, 0.5) is 5.69 Å². The molecule has 0 fully saturated rings. The van der Waals surface area contributed by atoms with E-state index in [1.807, 2.05) is 38.1 Å². The molecule has 0 saturated heterocycles. The van der Waals surface area contributed by atoms with Crippen molar-refractivity contribution in [1.29, 1.82) is 0 Å². The van der Waals surface area contributed by atoms with E-state index in [9.17, 15) is 0 Å². The molecule has 3 rings (SSSR count). The van der Waals surface area contributed by atoms with E-state index in [0.717, 1.165) is 17.0 Å². The lowest BCUT2D eigenvalue weighted by Gasteiger charge is -2.26. The molecule has 24 heavy (non-hydrogen) atoms. The second kappa shape index (κ2) is 7.38. The molecule has 5 nitrogen and oxygen atoms in total. The first kappa shape index (κ1) is 17.0. The standard InChI is InChI=1S/C18H24N4OS/c1-4-5-6-9-12-24-17-19-16-15(21-22-17)13-10-7-8-11-14(13)20-18(2,3)23-16/h7-8,10-11,20H,4-6,9,12H2,1-3H3. The number of benzene rings is 1. The van der Waals surface area contributed by atoms with Gasteiger partial charge >= 0.3 is 0 Å². The average Bonchev–Trinajstić information content (AvgIpc) is 2.66. The number of thioether (sulfide) groups is 1. The van der Waals surface area contributed by atoms with Crippen LogP contribution >= 0.6 is 11.8 Å². The van der Waals surface area contributed by atoms with E-state index in [0.29, 0.717) is 16.7 Å². The Morgan fingerprint density at radius 2 is 1.96 bits per heavy atom. The van der Waals surface area contributed by atoms with Crippen LogP contribution in [-0.2, 0) is 0 Å². The number of ether oxygens (including phenoxy) is 1. The third kappa shape index (κ3) is 3.98. The van der Waals surface area contributed by atoms with E-state index in [4.69, 9.17) is 4.74 Å². The Bertz CT molecular complexity index is 705. The lowest BCUT2D eigenvalue weighted by molar-refractivity contribution is 0.134. The van der Waals surface area contributed by atoms with Crippen LogP contribution in [0.1, 0.15) is 46.5 Å². The minimum atomic E-state index is -0.555. The summed E-state index contributed by atoms with van der Waals surface area (Å²) in [5.41, 5.74) is 2.09. The Hall–Kier alpha value is -1.82. The van der Waals surface area contributed by atoms with Gasteiger partial charge < -0.3 is 10.1 Å². The van der Waals surface area contributed by atoms with E-state index >= 15 is 0 Å². The average molecular weight is 344 g/mol. The van der Waals surface area contributed by atoms with Gasteiger partial charge in [0, 0.05) is 17.0 Å². The van der Waals surface area contributed by atoms with Crippen molar-refractivity contribution >= 4 is 17.4 Å². The van der Waals surface area contributed by atoms with Gasteiger partial charge in [0.1, 0.15) is 0 Å². The van der Waals surface area contributed by atoms with Crippen LogP contribution in [0, 0.1) is 0 Å². The summed E-state index contributed by atoms with van der Waals surface area (Å²) in [6.45, 7) is 6.19. The van der Waals surface area contributed by atoms with Crippen LogP contribution in [0.3, 0.4) is 0 Å². The Labute approximate surface area is 147 Å². The van der Waals surface area contributed by atoms with Gasteiger partial charge in [-0.2, -0.15) is 4.98 Å². The number of nitrogens with zero attached hydrogens (tertiary/aromatic N) is 3. The molecule has 2 heterocycles. The van der Waals surface area contributed by atoms with Gasteiger partial charge in [-0.25, -0.2) is 0 Å². The molecular formula is C18H24N4OS. The summed E-state index contributed by atoms with van der Waals surface area (Å²) in [6, 6.07) is 8.02. The van der Waals surface area contributed by atoms with Crippen molar-refractivity contribution in [2.24, 2.45) is 0 Å². The minimum absolute atomic E-state index is 0.545. The SMILES string of the molecule is CCCCCCSc1nnc2c(n1)OC(C)(C)Nc1ccccc1-2. The number of fused-ring (bicyclic) bond motifs is 3. The second-order valence-electron chi connectivity index (χ2n) is 6.44. The quantitative estimate of drug-likeness (QED) is 0.603. The molecule has 1 aliphatic rings. The monoisotopic (exact) mass is 344 g/mol. The molecule has 1 aliphatic heterocycles. The zero-order valence-electron chi connectivity index (χ0n) is 14.5. The van der Waals surface area contributed by atoms with Crippen LogP contribution < -0.4 is 10.1 Å². The maximum absolute atomic E-state index is 6.07. The summed E-state index contributed by atoms with van der Waals surface area (Å²) < 4.78 is 6.07. The Morgan fingerprint density at radius 3 is 2.79 bits per heavy atom. The highest BCUT2D eigenvalue weighted by Crippen LogP contribution is 2.38. The smallest absolute Gasteiger partial charge is 0.247 e. The van der Waals surface area contributed by atoms with Crippen LogP contribution in [0.2, 0.25) is 0 Å². The largest absolute Gasteiger partial charge is 0.450 e. The maximum atomic E-state index is 6.07. The Balaban J connectivity index is 1.82. The second-order valence-corrected chi connectivity index (χ2v) is 7.50. The highest BCUT2D eigenvalue weighted by Gasteiger charge is 2.29. The van der Waals surface area contributed by atoms with Crippen molar-refractivity contribution in [3.8, 4) is 17.1 Å². The fraction of sp³-hybridized carbons (Fsp3) is 0.500. The van der Waals surface area contributed by atoms with Gasteiger partial charge in [-0.1, -0.05) is 56.1 Å². The van der Waals surface area contributed by atoms with E-state index in [2.05, 4.69) is 27.4 Å². The van der Waals surface area contributed by atoms with Crippen molar-refractivity contribution < 1.29 is 4.74 Å². The van der Waals surface area contributed by atoms with Gasteiger partial charge in [-0.15, -0.1) is 10.2 Å². The first-order chi connectivity index (χ1) is 11.6. The zero-order chi connectivity index (χ0) is 17.0. The van der Waals surface area contributed by atoms with Crippen molar-refractivity contribution in [2.45, 2.75) is 57.3 Å². The first-order valence-corrected chi connectivity index (χ1v) is 9.52. The molecule has 0 unspecified atom stereocenters. The highest BCUT2D eigenvalue weighted by molar-refractivity contribution is 7.99. The lowest BCUT2D eigenvalue weighted by atomic mass is 10.1. The number of unbranched alkanes of at least 4 members (excludes halogenated alkanes) is 3. The summed E-state index contributed by atoms with van der Waals surface area (Å²) in [4.78, 5) is 4.61. The fourth-order valence-corrected chi connectivity index (χ4v) is 3.46. The van der Waals surface area contributed by atoms with Gasteiger partial charge in [-0.05, 0) is 26.3 Å². The summed E-state index contributed by atoms with van der Waals surface area (Å²) in [5.74, 6) is 1.56. The van der Waals surface area contributed by atoms with Gasteiger partial charge in [0.25, 0.3) is 0 Å². The van der Waals surface area contributed by atoms with Crippen molar-refractivity contribution in [2.75, 3.05) is 11.1 Å². The summed E-state index contributed by atoms with van der Waals surface area (Å²) >= 11 is 1.65. The number of anilines is 1. The molecule has 0 bridgehead atoms. The molecule has 6 heteroatoms. The normalized spacial score (nSPS) is 14.8. The van der Waals surface area contributed by atoms with E-state index in [1.54, 1.807) is 11.8 Å². The molecule has 1 N–H and O–H groups in total. The van der Waals surface area contributed by atoms with Crippen LogP contribution in [0.25, 0.3) is 11.3 Å². The summed E-state index contributed by atoms with van der Waals surface area (Å²) in [6.07, 6.45) is 4.96. The van der Waals surface area contributed by atoms with E-state index < -0.39 is 5.72 Å². The third-order valence-corrected chi connectivity index (χ3v) is 4.76. The van der Waals surface area contributed by atoms with Gasteiger partial charge in [-0.3, -0.25) is 0 Å². The first-order valence-electron chi connectivity index (χ1n) is 8.53. The number of rotatable bonds is 6. The topological polar surface area (TPSA) is 59.9 Å². The van der Waals surface area contributed by atoms with E-state index in [1.165, 1.54) is 25.7 Å². The molecule has 1 aromatic heterocycles. The minimum Gasteiger partial charge on any atom is -0.450 e.